The number of hydrogen-bond acceptors (Lipinski definition) is 2. The van der Waals surface area contributed by atoms with E-state index in [0.717, 1.165) is 5.56 Å². The highest BCUT2D eigenvalue weighted by atomic mass is 15.5. The third kappa shape index (κ3) is 1.29. The smallest absolute Gasteiger partial charge is 0.0548 e. The number of nitrogen functional groups attached to an aromatic ring is 1. The first-order valence-electron chi connectivity index (χ1n) is 3.30. The fraction of sp³-hybridized carbons (Fsp3) is 0.571. The summed E-state index contributed by atoms with van der Waals surface area (Å²) >= 11 is 0. The molecule has 1 aromatic heterocycles. The lowest BCUT2D eigenvalue weighted by molar-refractivity contribution is 0.589. The van der Waals surface area contributed by atoms with Gasteiger partial charge in [0.1, 0.15) is 0 Å². The van der Waals surface area contributed by atoms with Crippen molar-refractivity contribution in [3.63, 3.8) is 0 Å². The standard InChI is InChI=1S/C7H13N3/c1-7(2,3)6-4-9-10(8)5-6/h4-5H,8H2,1-3H3. The van der Waals surface area contributed by atoms with Gasteiger partial charge in [0.05, 0.1) is 12.4 Å². The molecule has 1 rings (SSSR count). The molecule has 0 unspecified atom stereocenters. The van der Waals surface area contributed by atoms with E-state index in [1.165, 1.54) is 4.79 Å². The van der Waals surface area contributed by atoms with Gasteiger partial charge >= 0.3 is 0 Å². The lowest BCUT2D eigenvalue weighted by atomic mass is 9.90. The largest absolute Gasteiger partial charge is 0.323 e. The first-order valence-corrected chi connectivity index (χ1v) is 3.30. The summed E-state index contributed by atoms with van der Waals surface area (Å²) in [6.07, 6.45) is 3.62. The van der Waals surface area contributed by atoms with Crippen LogP contribution in [0.2, 0.25) is 0 Å². The van der Waals surface area contributed by atoms with E-state index in [9.17, 15) is 0 Å². The Morgan fingerprint density at radius 3 is 2.30 bits per heavy atom. The van der Waals surface area contributed by atoms with Gasteiger partial charge in [-0.1, -0.05) is 20.8 Å². The summed E-state index contributed by atoms with van der Waals surface area (Å²) in [4.78, 5) is 1.33. The van der Waals surface area contributed by atoms with Crippen LogP contribution in [0.5, 0.6) is 0 Å². The van der Waals surface area contributed by atoms with E-state index in [-0.39, 0.29) is 5.41 Å². The molecule has 56 valence electrons. The highest BCUT2D eigenvalue weighted by molar-refractivity contribution is 5.14. The highest BCUT2D eigenvalue weighted by Crippen LogP contribution is 2.19. The van der Waals surface area contributed by atoms with Gasteiger partial charge < -0.3 is 5.84 Å². The van der Waals surface area contributed by atoms with E-state index >= 15 is 0 Å². The Morgan fingerprint density at radius 2 is 2.10 bits per heavy atom. The molecule has 0 fully saturated rings. The molecule has 0 aliphatic carbocycles. The number of hydrogen-bond donors (Lipinski definition) is 1. The van der Waals surface area contributed by atoms with Gasteiger partial charge in [-0.05, 0) is 11.0 Å². The van der Waals surface area contributed by atoms with Crippen LogP contribution in [0.25, 0.3) is 0 Å². The zero-order valence-electron chi connectivity index (χ0n) is 6.63. The third-order valence-electron chi connectivity index (χ3n) is 1.47. The Labute approximate surface area is 60.8 Å². The Morgan fingerprint density at radius 1 is 1.50 bits per heavy atom. The van der Waals surface area contributed by atoms with Gasteiger partial charge in [-0.2, -0.15) is 9.89 Å². The average Bonchev–Trinajstić information content (AvgIpc) is 2.11. The minimum absolute atomic E-state index is 0.150. The number of aromatic nitrogens is 2. The van der Waals surface area contributed by atoms with E-state index in [0.29, 0.717) is 0 Å². The lowest BCUT2D eigenvalue weighted by Gasteiger charge is -2.14. The van der Waals surface area contributed by atoms with Crippen molar-refractivity contribution in [2.24, 2.45) is 0 Å². The molecule has 2 N–H and O–H groups in total. The van der Waals surface area contributed by atoms with Crippen molar-refractivity contribution in [3.8, 4) is 0 Å². The predicted octanol–water partition coefficient (Wildman–Crippen LogP) is 0.894. The fourth-order valence-corrected chi connectivity index (χ4v) is 0.725. The van der Waals surface area contributed by atoms with E-state index in [1.54, 1.807) is 6.20 Å². The first-order chi connectivity index (χ1) is 4.50. The Hall–Kier alpha value is -0.990. The molecule has 1 heterocycles. The Bertz CT molecular complexity index is 219. The second-order valence-corrected chi connectivity index (χ2v) is 3.46. The number of nitrogens with two attached hydrogens (primary N) is 1. The van der Waals surface area contributed by atoms with Crippen molar-refractivity contribution >= 4 is 0 Å². The Balaban J connectivity index is 2.96. The average molecular weight is 139 g/mol. The van der Waals surface area contributed by atoms with Crippen LogP contribution in [-0.2, 0) is 5.41 Å². The summed E-state index contributed by atoms with van der Waals surface area (Å²) in [5.74, 6) is 5.38. The summed E-state index contributed by atoms with van der Waals surface area (Å²) < 4.78 is 0. The quantitative estimate of drug-likeness (QED) is 0.542. The van der Waals surface area contributed by atoms with Crippen molar-refractivity contribution in [3.05, 3.63) is 18.0 Å². The minimum atomic E-state index is 0.150. The summed E-state index contributed by atoms with van der Waals surface area (Å²) in [6, 6.07) is 0. The monoisotopic (exact) mass is 139 g/mol. The molecule has 0 atom stereocenters. The predicted molar refractivity (Wildman–Crippen MR) is 41.1 cm³/mol. The SMILES string of the molecule is CC(C)(C)c1cnn(N)c1. The molecule has 3 nitrogen and oxygen atoms in total. The molecule has 0 radical (unpaired) electrons. The Kier molecular flexibility index (Phi) is 1.43. The molecule has 3 heteroatoms. The maximum absolute atomic E-state index is 5.38. The van der Waals surface area contributed by atoms with Crippen molar-refractivity contribution in [2.75, 3.05) is 5.84 Å². The van der Waals surface area contributed by atoms with Crippen LogP contribution in [0.3, 0.4) is 0 Å². The van der Waals surface area contributed by atoms with Crippen LogP contribution >= 0.6 is 0 Å². The molecule has 0 spiro atoms. The van der Waals surface area contributed by atoms with Crippen LogP contribution in [0.15, 0.2) is 12.4 Å². The minimum Gasteiger partial charge on any atom is -0.323 e. The van der Waals surface area contributed by atoms with Gasteiger partial charge in [0.15, 0.2) is 0 Å². The zero-order chi connectivity index (χ0) is 7.78. The fourth-order valence-electron chi connectivity index (χ4n) is 0.725. The molecule has 0 bridgehead atoms. The number of rotatable bonds is 0. The molecular formula is C7H13N3. The number of nitrogens with zero attached hydrogens (tertiary/aromatic N) is 2. The first kappa shape index (κ1) is 7.12. The molecule has 0 aromatic carbocycles. The van der Waals surface area contributed by atoms with E-state index < -0.39 is 0 Å². The summed E-state index contributed by atoms with van der Waals surface area (Å²) in [7, 11) is 0. The molecule has 0 aliphatic heterocycles. The molecule has 1 aromatic rings. The van der Waals surface area contributed by atoms with Gasteiger partial charge in [0, 0.05) is 0 Å². The van der Waals surface area contributed by atoms with Gasteiger partial charge in [0.2, 0.25) is 0 Å². The van der Waals surface area contributed by atoms with E-state index in [4.69, 9.17) is 5.84 Å². The van der Waals surface area contributed by atoms with Crippen molar-refractivity contribution < 1.29 is 0 Å². The van der Waals surface area contributed by atoms with Gasteiger partial charge in [-0.3, -0.25) is 0 Å². The van der Waals surface area contributed by atoms with Crippen molar-refractivity contribution in [1.82, 2.24) is 9.89 Å². The molecule has 0 saturated heterocycles. The lowest BCUT2D eigenvalue weighted by Crippen LogP contribution is -2.11. The van der Waals surface area contributed by atoms with Gasteiger partial charge in [-0.25, -0.2) is 0 Å². The van der Waals surface area contributed by atoms with E-state index in [1.807, 2.05) is 6.20 Å². The zero-order valence-corrected chi connectivity index (χ0v) is 6.63. The second kappa shape index (κ2) is 2.01. The van der Waals surface area contributed by atoms with Crippen molar-refractivity contribution in [2.45, 2.75) is 26.2 Å². The highest BCUT2D eigenvalue weighted by Gasteiger charge is 2.14. The third-order valence-corrected chi connectivity index (χ3v) is 1.47. The molecule has 10 heavy (non-hydrogen) atoms. The molecular weight excluding hydrogens is 126 g/mol. The molecule has 0 aliphatic rings. The summed E-state index contributed by atoms with van der Waals surface area (Å²) in [5, 5.41) is 3.88. The molecule has 0 amide bonds. The maximum Gasteiger partial charge on any atom is 0.0548 e. The normalized spacial score (nSPS) is 11.9. The summed E-state index contributed by atoms with van der Waals surface area (Å²) in [5.41, 5.74) is 1.31. The van der Waals surface area contributed by atoms with Gasteiger partial charge in [-0.15, -0.1) is 0 Å². The van der Waals surface area contributed by atoms with Crippen LogP contribution < -0.4 is 5.84 Å². The summed E-state index contributed by atoms with van der Waals surface area (Å²) in [6.45, 7) is 6.39. The topological polar surface area (TPSA) is 43.8 Å². The second-order valence-electron chi connectivity index (χ2n) is 3.46. The van der Waals surface area contributed by atoms with Crippen molar-refractivity contribution in [1.29, 1.82) is 0 Å². The van der Waals surface area contributed by atoms with Crippen LogP contribution in [0.1, 0.15) is 26.3 Å². The van der Waals surface area contributed by atoms with Crippen LogP contribution in [0.4, 0.5) is 0 Å². The van der Waals surface area contributed by atoms with Crippen LogP contribution in [-0.4, -0.2) is 9.89 Å². The van der Waals surface area contributed by atoms with Gasteiger partial charge in [0.25, 0.3) is 0 Å². The maximum atomic E-state index is 5.38. The molecule has 0 saturated carbocycles. The van der Waals surface area contributed by atoms with E-state index in [2.05, 4.69) is 25.9 Å². The van der Waals surface area contributed by atoms with Crippen LogP contribution in [0, 0.1) is 0 Å².